The van der Waals surface area contributed by atoms with E-state index in [1.807, 2.05) is 18.2 Å². The minimum Gasteiger partial charge on any atom is -0.380 e. The minimum absolute atomic E-state index is 0.115. The lowest BCUT2D eigenvalue weighted by Gasteiger charge is -2.05. The van der Waals surface area contributed by atoms with Gasteiger partial charge in [0.05, 0.1) is 4.92 Å². The van der Waals surface area contributed by atoms with E-state index in [2.05, 4.69) is 23.3 Å². The van der Waals surface area contributed by atoms with Gasteiger partial charge in [0.15, 0.2) is 0 Å². The Hall–Kier alpha value is -2.73. The number of nitro benzene ring substituents is 1. The molecule has 0 spiro atoms. The molecule has 0 aliphatic heterocycles. The molecule has 0 saturated heterocycles. The number of aryl methyl sites for hydroxylation is 1. The summed E-state index contributed by atoms with van der Waals surface area (Å²) < 4.78 is 0. The lowest BCUT2D eigenvalue weighted by atomic mass is 10.2. The number of non-ortho nitro benzene ring substituents is 1. The van der Waals surface area contributed by atoms with E-state index in [1.165, 1.54) is 15.8 Å². The second-order valence-electron chi connectivity index (χ2n) is 5.10. The van der Waals surface area contributed by atoms with Crippen molar-refractivity contribution in [1.29, 1.82) is 0 Å². The Balaban J connectivity index is 1.75. The maximum Gasteiger partial charge on any atom is 0.269 e. The quantitative estimate of drug-likeness (QED) is 0.548. The predicted molar refractivity (Wildman–Crippen MR) is 92.7 cm³/mol. The average molecular weight is 325 g/mol. The summed E-state index contributed by atoms with van der Waals surface area (Å²) in [6.45, 7) is 2.61. The van der Waals surface area contributed by atoms with Gasteiger partial charge in [0.25, 0.3) is 5.69 Å². The third kappa shape index (κ3) is 3.54. The monoisotopic (exact) mass is 325 g/mol. The molecule has 3 aromatic rings. The standard InChI is InChI=1S/C17H15N3O2S/c1-12-16(10-17(23-12)14-5-7-18-8-6-14)19-11-13-3-2-4-15(9-13)20(21)22/h2-10,19H,11H2,1H3. The summed E-state index contributed by atoms with van der Waals surface area (Å²) in [6, 6.07) is 12.8. The summed E-state index contributed by atoms with van der Waals surface area (Å²) >= 11 is 1.71. The molecule has 0 unspecified atom stereocenters. The van der Waals surface area contributed by atoms with Crippen LogP contribution >= 0.6 is 11.3 Å². The Morgan fingerprint density at radius 1 is 1.22 bits per heavy atom. The predicted octanol–water partition coefficient (Wildman–Crippen LogP) is 4.64. The number of rotatable bonds is 5. The first kappa shape index (κ1) is 15.2. The zero-order valence-corrected chi connectivity index (χ0v) is 13.3. The molecular formula is C17H15N3O2S. The highest BCUT2D eigenvalue weighted by molar-refractivity contribution is 7.16. The van der Waals surface area contributed by atoms with Gasteiger partial charge in [-0.15, -0.1) is 11.3 Å². The highest BCUT2D eigenvalue weighted by Crippen LogP contribution is 2.34. The zero-order chi connectivity index (χ0) is 16.2. The molecule has 0 aliphatic carbocycles. The first-order chi connectivity index (χ1) is 11.1. The third-order valence-electron chi connectivity index (χ3n) is 3.49. The van der Waals surface area contributed by atoms with E-state index in [0.29, 0.717) is 6.54 Å². The molecule has 1 N–H and O–H groups in total. The van der Waals surface area contributed by atoms with Crippen molar-refractivity contribution < 1.29 is 4.92 Å². The SMILES string of the molecule is Cc1sc(-c2ccncc2)cc1NCc1cccc([N+](=O)[O-])c1. The second-order valence-corrected chi connectivity index (χ2v) is 6.35. The summed E-state index contributed by atoms with van der Waals surface area (Å²) in [5.74, 6) is 0. The molecule has 1 aromatic carbocycles. The largest absolute Gasteiger partial charge is 0.380 e. The molecule has 2 aromatic heterocycles. The second kappa shape index (κ2) is 6.58. The number of thiophene rings is 1. The van der Waals surface area contributed by atoms with E-state index < -0.39 is 0 Å². The van der Waals surface area contributed by atoms with Gasteiger partial charge in [-0.3, -0.25) is 15.1 Å². The Bertz CT molecular complexity index is 831. The highest BCUT2D eigenvalue weighted by Gasteiger charge is 2.09. The highest BCUT2D eigenvalue weighted by atomic mass is 32.1. The molecule has 5 nitrogen and oxygen atoms in total. The van der Waals surface area contributed by atoms with Gasteiger partial charge in [-0.2, -0.15) is 0 Å². The fourth-order valence-corrected chi connectivity index (χ4v) is 3.29. The van der Waals surface area contributed by atoms with Crippen molar-refractivity contribution in [2.75, 3.05) is 5.32 Å². The average Bonchev–Trinajstić information content (AvgIpc) is 2.95. The van der Waals surface area contributed by atoms with E-state index in [-0.39, 0.29) is 10.6 Å². The maximum atomic E-state index is 10.8. The van der Waals surface area contributed by atoms with Gasteiger partial charge in [-0.1, -0.05) is 12.1 Å². The van der Waals surface area contributed by atoms with Gasteiger partial charge >= 0.3 is 0 Å². The fraction of sp³-hybridized carbons (Fsp3) is 0.118. The number of hydrogen-bond acceptors (Lipinski definition) is 5. The molecule has 3 rings (SSSR count). The van der Waals surface area contributed by atoms with E-state index in [0.717, 1.165) is 16.8 Å². The molecule has 6 heteroatoms. The van der Waals surface area contributed by atoms with E-state index >= 15 is 0 Å². The van der Waals surface area contributed by atoms with E-state index in [1.54, 1.807) is 35.9 Å². The van der Waals surface area contributed by atoms with Crippen LogP contribution in [0.4, 0.5) is 11.4 Å². The fourth-order valence-electron chi connectivity index (χ4n) is 2.29. The van der Waals surface area contributed by atoms with Gasteiger partial charge in [0, 0.05) is 46.5 Å². The molecule has 2 heterocycles. The Morgan fingerprint density at radius 2 is 2.00 bits per heavy atom. The molecule has 116 valence electrons. The molecule has 0 aliphatic rings. The van der Waals surface area contributed by atoms with Crippen LogP contribution in [-0.2, 0) is 6.54 Å². The Labute approximate surface area is 137 Å². The van der Waals surface area contributed by atoms with Gasteiger partial charge in [0.2, 0.25) is 0 Å². The molecule has 0 fully saturated rings. The van der Waals surface area contributed by atoms with Gasteiger partial charge < -0.3 is 5.32 Å². The van der Waals surface area contributed by atoms with Crippen LogP contribution in [0.25, 0.3) is 10.4 Å². The lowest BCUT2D eigenvalue weighted by molar-refractivity contribution is -0.384. The zero-order valence-electron chi connectivity index (χ0n) is 12.5. The normalized spacial score (nSPS) is 10.5. The van der Waals surface area contributed by atoms with Crippen molar-refractivity contribution >= 4 is 22.7 Å². The Morgan fingerprint density at radius 3 is 2.74 bits per heavy atom. The van der Waals surface area contributed by atoms with Gasteiger partial charge in [-0.05, 0) is 36.2 Å². The molecule has 0 amide bonds. The van der Waals surface area contributed by atoms with Crippen LogP contribution in [0, 0.1) is 17.0 Å². The number of hydrogen-bond donors (Lipinski definition) is 1. The molecule has 23 heavy (non-hydrogen) atoms. The van der Waals surface area contributed by atoms with Crippen LogP contribution in [0.15, 0.2) is 54.9 Å². The summed E-state index contributed by atoms with van der Waals surface area (Å²) in [7, 11) is 0. The number of aromatic nitrogens is 1. The van der Waals surface area contributed by atoms with Crippen LogP contribution < -0.4 is 5.32 Å². The number of anilines is 1. The van der Waals surface area contributed by atoms with Crippen molar-refractivity contribution in [3.8, 4) is 10.4 Å². The van der Waals surface area contributed by atoms with Crippen molar-refractivity contribution in [2.24, 2.45) is 0 Å². The van der Waals surface area contributed by atoms with Gasteiger partial charge in [0.1, 0.15) is 0 Å². The molecule has 0 bridgehead atoms. The smallest absolute Gasteiger partial charge is 0.269 e. The van der Waals surface area contributed by atoms with Crippen molar-refractivity contribution in [1.82, 2.24) is 4.98 Å². The topological polar surface area (TPSA) is 68.1 Å². The number of nitrogens with one attached hydrogen (secondary N) is 1. The minimum atomic E-state index is -0.374. The van der Waals surface area contributed by atoms with Crippen LogP contribution in [-0.4, -0.2) is 9.91 Å². The van der Waals surface area contributed by atoms with Crippen LogP contribution in [0.2, 0.25) is 0 Å². The summed E-state index contributed by atoms with van der Waals surface area (Å²) in [6.07, 6.45) is 3.56. The number of benzene rings is 1. The van der Waals surface area contributed by atoms with Crippen molar-refractivity contribution in [3.63, 3.8) is 0 Å². The summed E-state index contributed by atoms with van der Waals surface area (Å²) in [5.41, 5.74) is 3.18. The Kier molecular flexibility index (Phi) is 4.34. The number of nitrogens with zero attached hydrogens (tertiary/aromatic N) is 2. The first-order valence-corrected chi connectivity index (χ1v) is 7.93. The first-order valence-electron chi connectivity index (χ1n) is 7.11. The van der Waals surface area contributed by atoms with Crippen LogP contribution in [0.1, 0.15) is 10.4 Å². The molecule has 0 saturated carbocycles. The van der Waals surface area contributed by atoms with Crippen LogP contribution in [0.5, 0.6) is 0 Å². The van der Waals surface area contributed by atoms with E-state index in [9.17, 15) is 10.1 Å². The lowest BCUT2D eigenvalue weighted by Crippen LogP contribution is -2.00. The number of pyridine rings is 1. The molecule has 0 radical (unpaired) electrons. The van der Waals surface area contributed by atoms with E-state index in [4.69, 9.17) is 0 Å². The summed E-state index contributed by atoms with van der Waals surface area (Å²) in [5, 5.41) is 14.2. The van der Waals surface area contributed by atoms with Crippen LogP contribution in [0.3, 0.4) is 0 Å². The number of nitro groups is 1. The van der Waals surface area contributed by atoms with Crippen molar-refractivity contribution in [2.45, 2.75) is 13.5 Å². The third-order valence-corrected chi connectivity index (χ3v) is 4.59. The molecule has 0 atom stereocenters. The maximum absolute atomic E-state index is 10.8. The molecular weight excluding hydrogens is 310 g/mol. The van der Waals surface area contributed by atoms with Crippen molar-refractivity contribution in [3.05, 3.63) is 75.4 Å². The van der Waals surface area contributed by atoms with Gasteiger partial charge in [-0.25, -0.2) is 0 Å². The summed E-state index contributed by atoms with van der Waals surface area (Å²) in [4.78, 5) is 16.8.